The molecule has 0 radical (unpaired) electrons. The van der Waals surface area contributed by atoms with E-state index in [9.17, 15) is 9.59 Å². The average Bonchev–Trinajstić information content (AvgIpc) is 2.58. The Morgan fingerprint density at radius 3 is 2.40 bits per heavy atom. The monoisotopic (exact) mass is 347 g/mol. The molecule has 1 aromatic rings. The highest BCUT2D eigenvalue weighted by Gasteiger charge is 2.22. The lowest BCUT2D eigenvalue weighted by atomic mass is 9.82. The third-order valence-corrected chi connectivity index (χ3v) is 3.92. The minimum absolute atomic E-state index is 0.0747. The van der Waals surface area contributed by atoms with Crippen LogP contribution >= 0.6 is 0 Å². The predicted molar refractivity (Wildman–Crippen MR) is 98.7 cm³/mol. The van der Waals surface area contributed by atoms with Gasteiger partial charge in [-0.15, -0.1) is 0 Å². The molecule has 1 amide bonds. The van der Waals surface area contributed by atoms with Crippen molar-refractivity contribution in [2.45, 2.75) is 40.0 Å². The van der Waals surface area contributed by atoms with Crippen LogP contribution in [0, 0.1) is 5.41 Å². The summed E-state index contributed by atoms with van der Waals surface area (Å²) in [6.45, 7) is 10.7. The van der Waals surface area contributed by atoms with Crippen molar-refractivity contribution in [3.8, 4) is 5.75 Å². The summed E-state index contributed by atoms with van der Waals surface area (Å²) >= 11 is 0. The Morgan fingerprint density at radius 1 is 1.20 bits per heavy atom. The third kappa shape index (κ3) is 7.42. The number of amides is 1. The summed E-state index contributed by atoms with van der Waals surface area (Å²) in [6, 6.07) is 7.00. The maximum absolute atomic E-state index is 12.1. The van der Waals surface area contributed by atoms with Crippen molar-refractivity contribution in [2.24, 2.45) is 5.41 Å². The van der Waals surface area contributed by atoms with Crippen LogP contribution in [0.3, 0.4) is 0 Å². The van der Waals surface area contributed by atoms with Crippen LogP contribution in [-0.2, 0) is 9.53 Å². The maximum Gasteiger partial charge on any atom is 0.333 e. The van der Waals surface area contributed by atoms with Crippen molar-refractivity contribution >= 4 is 11.9 Å². The van der Waals surface area contributed by atoms with E-state index in [-0.39, 0.29) is 17.3 Å². The summed E-state index contributed by atoms with van der Waals surface area (Å²) < 4.78 is 10.0. The first kappa shape index (κ1) is 20.7. The molecule has 0 spiro atoms. The molecule has 0 saturated carbocycles. The molecule has 0 atom stereocenters. The van der Waals surface area contributed by atoms with Gasteiger partial charge >= 0.3 is 5.97 Å². The molecule has 0 bridgehead atoms. The molecule has 5 nitrogen and oxygen atoms in total. The summed E-state index contributed by atoms with van der Waals surface area (Å²) in [5, 5.41) is 2.91. The van der Waals surface area contributed by atoms with Crippen LogP contribution < -0.4 is 10.1 Å². The molecule has 5 heteroatoms. The minimum Gasteiger partial charge on any atom is -0.497 e. The second-order valence-corrected chi connectivity index (χ2v) is 6.75. The molecule has 0 fully saturated rings. The number of ether oxygens (including phenoxy) is 2. The Balaban J connectivity index is 2.36. The van der Waals surface area contributed by atoms with E-state index in [1.807, 2.05) is 0 Å². The van der Waals surface area contributed by atoms with Gasteiger partial charge in [-0.1, -0.05) is 20.4 Å². The zero-order chi connectivity index (χ0) is 18.9. The van der Waals surface area contributed by atoms with E-state index in [2.05, 4.69) is 25.7 Å². The molecule has 0 heterocycles. The van der Waals surface area contributed by atoms with Crippen LogP contribution in [-0.4, -0.2) is 32.1 Å². The van der Waals surface area contributed by atoms with E-state index in [4.69, 9.17) is 9.47 Å². The van der Waals surface area contributed by atoms with Gasteiger partial charge in [0.15, 0.2) is 0 Å². The smallest absolute Gasteiger partial charge is 0.333 e. The number of carbonyl (C=O) groups is 2. The third-order valence-electron chi connectivity index (χ3n) is 3.92. The van der Waals surface area contributed by atoms with E-state index in [1.165, 1.54) is 0 Å². The van der Waals surface area contributed by atoms with Gasteiger partial charge in [-0.25, -0.2) is 4.79 Å². The molecule has 0 aliphatic rings. The van der Waals surface area contributed by atoms with Crippen LogP contribution in [0.4, 0.5) is 0 Å². The summed E-state index contributed by atoms with van der Waals surface area (Å²) in [5.41, 5.74) is 1.03. The minimum atomic E-state index is -0.330. The first-order valence-corrected chi connectivity index (χ1v) is 8.56. The van der Waals surface area contributed by atoms with Crippen LogP contribution in [0.15, 0.2) is 36.4 Å². The van der Waals surface area contributed by atoms with Gasteiger partial charge in [0.1, 0.15) is 5.75 Å². The number of benzene rings is 1. The standard InChI is InChI=1S/C20H29NO4/c1-6-25-19(23)15(2)14-20(3,4)12-7-13-21-18(22)16-8-10-17(24-5)11-9-16/h8-11H,2,6-7,12-14H2,1,3-5H3,(H,21,22). The quantitative estimate of drug-likeness (QED) is 0.398. The molecule has 0 aromatic heterocycles. The summed E-state index contributed by atoms with van der Waals surface area (Å²) in [6.07, 6.45) is 2.28. The van der Waals surface area contributed by atoms with Gasteiger partial charge in [0.05, 0.1) is 13.7 Å². The number of esters is 1. The zero-order valence-electron chi connectivity index (χ0n) is 15.7. The lowest BCUT2D eigenvalue weighted by Crippen LogP contribution is -2.26. The molecule has 0 aliphatic carbocycles. The SMILES string of the molecule is C=C(CC(C)(C)CCCNC(=O)c1ccc(OC)cc1)C(=O)OCC. The molecular weight excluding hydrogens is 318 g/mol. The fraction of sp³-hybridized carbons (Fsp3) is 0.500. The van der Waals surface area contributed by atoms with Crippen LogP contribution in [0.25, 0.3) is 0 Å². The molecule has 25 heavy (non-hydrogen) atoms. The van der Waals surface area contributed by atoms with E-state index >= 15 is 0 Å². The first-order chi connectivity index (χ1) is 11.8. The summed E-state index contributed by atoms with van der Waals surface area (Å²) in [4.78, 5) is 23.7. The predicted octanol–water partition coefficient (Wildman–Crippen LogP) is 3.74. The van der Waals surface area contributed by atoms with Crippen molar-refractivity contribution in [3.05, 3.63) is 42.0 Å². The Kier molecular flexibility index (Phi) is 8.19. The number of carbonyl (C=O) groups excluding carboxylic acids is 2. The first-order valence-electron chi connectivity index (χ1n) is 8.56. The van der Waals surface area contributed by atoms with Crippen molar-refractivity contribution in [1.29, 1.82) is 0 Å². The molecule has 1 aromatic carbocycles. The highest BCUT2D eigenvalue weighted by atomic mass is 16.5. The van der Waals surface area contributed by atoms with E-state index in [0.29, 0.717) is 30.7 Å². The fourth-order valence-corrected chi connectivity index (χ4v) is 2.58. The van der Waals surface area contributed by atoms with Gasteiger partial charge in [-0.2, -0.15) is 0 Å². The van der Waals surface area contributed by atoms with Gasteiger partial charge in [-0.05, 0) is 55.9 Å². The van der Waals surface area contributed by atoms with Gasteiger partial charge in [-0.3, -0.25) is 4.79 Å². The molecule has 1 rings (SSSR count). The van der Waals surface area contributed by atoms with Gasteiger partial charge in [0.25, 0.3) is 5.91 Å². The van der Waals surface area contributed by atoms with E-state index in [1.54, 1.807) is 38.3 Å². The number of hydrogen-bond acceptors (Lipinski definition) is 4. The van der Waals surface area contributed by atoms with Crippen LogP contribution in [0.2, 0.25) is 0 Å². The van der Waals surface area contributed by atoms with Gasteiger partial charge in [0.2, 0.25) is 0 Å². The van der Waals surface area contributed by atoms with Crippen molar-refractivity contribution in [3.63, 3.8) is 0 Å². The molecule has 138 valence electrons. The number of rotatable bonds is 10. The lowest BCUT2D eigenvalue weighted by Gasteiger charge is -2.25. The topological polar surface area (TPSA) is 64.6 Å². The summed E-state index contributed by atoms with van der Waals surface area (Å²) in [5.74, 6) is 0.292. The molecular formula is C20H29NO4. The molecule has 1 N–H and O–H groups in total. The molecule has 0 aliphatic heterocycles. The van der Waals surface area contributed by atoms with Crippen LogP contribution in [0.1, 0.15) is 50.4 Å². The van der Waals surface area contributed by atoms with Crippen molar-refractivity contribution < 1.29 is 19.1 Å². The van der Waals surface area contributed by atoms with Gasteiger partial charge < -0.3 is 14.8 Å². The van der Waals surface area contributed by atoms with E-state index in [0.717, 1.165) is 18.6 Å². The fourth-order valence-electron chi connectivity index (χ4n) is 2.58. The molecule has 0 unspecified atom stereocenters. The Labute approximate surface area is 150 Å². The zero-order valence-corrected chi connectivity index (χ0v) is 15.7. The summed E-state index contributed by atoms with van der Waals surface area (Å²) in [7, 11) is 1.59. The second-order valence-electron chi connectivity index (χ2n) is 6.75. The van der Waals surface area contributed by atoms with Crippen LogP contribution in [0.5, 0.6) is 5.75 Å². The maximum atomic E-state index is 12.1. The second kappa shape index (κ2) is 9.87. The highest BCUT2D eigenvalue weighted by molar-refractivity contribution is 5.94. The van der Waals surface area contributed by atoms with Crippen molar-refractivity contribution in [2.75, 3.05) is 20.3 Å². The van der Waals surface area contributed by atoms with Gasteiger partial charge in [0, 0.05) is 17.7 Å². The Hall–Kier alpha value is -2.30. The Bertz CT molecular complexity index is 590. The number of hydrogen-bond donors (Lipinski definition) is 1. The number of methoxy groups -OCH3 is 1. The number of nitrogens with one attached hydrogen (secondary N) is 1. The largest absolute Gasteiger partial charge is 0.497 e. The van der Waals surface area contributed by atoms with E-state index < -0.39 is 0 Å². The Morgan fingerprint density at radius 2 is 1.84 bits per heavy atom. The normalized spacial score (nSPS) is 10.9. The highest BCUT2D eigenvalue weighted by Crippen LogP contribution is 2.30. The van der Waals surface area contributed by atoms with Crippen molar-refractivity contribution in [1.82, 2.24) is 5.32 Å². The molecule has 0 saturated heterocycles. The lowest BCUT2D eigenvalue weighted by molar-refractivity contribution is -0.138. The average molecular weight is 347 g/mol.